The lowest BCUT2D eigenvalue weighted by molar-refractivity contribution is -0.143. The maximum absolute atomic E-state index is 12.2. The summed E-state index contributed by atoms with van der Waals surface area (Å²) in [5, 5.41) is 2.70. The molecule has 0 saturated heterocycles. The van der Waals surface area contributed by atoms with Gasteiger partial charge in [-0.1, -0.05) is 13.8 Å². The van der Waals surface area contributed by atoms with E-state index < -0.39 is 12.0 Å². The Hall–Kier alpha value is -2.04. The molecule has 3 N–H and O–H groups in total. The summed E-state index contributed by atoms with van der Waals surface area (Å²) in [5.74, 6) is -0.494. The SMILES string of the molecule is COC(=O)C(CC(C)C)NC(=O)c1cc(C)cc(N)c1. The second kappa shape index (κ2) is 6.93. The van der Waals surface area contributed by atoms with Crippen molar-refractivity contribution in [3.63, 3.8) is 0 Å². The van der Waals surface area contributed by atoms with Crippen molar-refractivity contribution in [2.45, 2.75) is 33.2 Å². The van der Waals surface area contributed by atoms with Crippen LogP contribution in [0.2, 0.25) is 0 Å². The molecular formula is C15H22N2O3. The maximum atomic E-state index is 12.2. The van der Waals surface area contributed by atoms with Crippen molar-refractivity contribution < 1.29 is 14.3 Å². The van der Waals surface area contributed by atoms with Gasteiger partial charge in [0.05, 0.1) is 7.11 Å². The third-order valence-corrected chi connectivity index (χ3v) is 2.86. The van der Waals surface area contributed by atoms with Gasteiger partial charge in [-0.25, -0.2) is 4.79 Å². The van der Waals surface area contributed by atoms with Crippen LogP contribution in [0.3, 0.4) is 0 Å². The molecule has 0 spiro atoms. The number of nitrogens with one attached hydrogen (secondary N) is 1. The fourth-order valence-corrected chi connectivity index (χ4v) is 2.01. The van der Waals surface area contributed by atoms with E-state index in [1.54, 1.807) is 18.2 Å². The summed E-state index contributed by atoms with van der Waals surface area (Å²) in [5.41, 5.74) is 7.59. The minimum absolute atomic E-state index is 0.266. The Labute approximate surface area is 119 Å². The minimum Gasteiger partial charge on any atom is -0.467 e. The molecule has 0 aliphatic heterocycles. The van der Waals surface area contributed by atoms with Crippen molar-refractivity contribution in [1.82, 2.24) is 5.32 Å². The van der Waals surface area contributed by atoms with E-state index in [1.807, 2.05) is 20.8 Å². The van der Waals surface area contributed by atoms with E-state index in [-0.39, 0.29) is 11.8 Å². The largest absolute Gasteiger partial charge is 0.467 e. The Balaban J connectivity index is 2.87. The molecule has 0 bridgehead atoms. The second-order valence-electron chi connectivity index (χ2n) is 5.31. The number of rotatable bonds is 5. The number of nitrogen functional groups attached to an aromatic ring is 1. The molecule has 1 amide bonds. The highest BCUT2D eigenvalue weighted by molar-refractivity contribution is 5.97. The number of anilines is 1. The van der Waals surface area contributed by atoms with Crippen LogP contribution in [0, 0.1) is 12.8 Å². The second-order valence-corrected chi connectivity index (χ2v) is 5.31. The number of aryl methyl sites for hydroxylation is 1. The lowest BCUT2D eigenvalue weighted by Gasteiger charge is -2.18. The van der Waals surface area contributed by atoms with E-state index in [0.717, 1.165) is 5.56 Å². The van der Waals surface area contributed by atoms with Crippen LogP contribution in [0.25, 0.3) is 0 Å². The van der Waals surface area contributed by atoms with Crippen LogP contribution in [-0.4, -0.2) is 25.0 Å². The van der Waals surface area contributed by atoms with Gasteiger partial charge in [0.25, 0.3) is 5.91 Å². The van der Waals surface area contributed by atoms with Crippen molar-refractivity contribution >= 4 is 17.6 Å². The molecule has 1 aromatic carbocycles. The van der Waals surface area contributed by atoms with E-state index in [9.17, 15) is 9.59 Å². The molecule has 1 rings (SSSR count). The summed E-state index contributed by atoms with van der Waals surface area (Å²) in [6.45, 7) is 5.82. The van der Waals surface area contributed by atoms with Crippen LogP contribution in [0.1, 0.15) is 36.2 Å². The first-order valence-electron chi connectivity index (χ1n) is 6.59. The molecule has 0 aliphatic carbocycles. The Morgan fingerprint density at radius 1 is 1.30 bits per heavy atom. The molecule has 0 aromatic heterocycles. The van der Waals surface area contributed by atoms with Gasteiger partial charge in [0, 0.05) is 11.3 Å². The first-order chi connectivity index (χ1) is 9.33. The molecule has 0 aliphatic rings. The number of ether oxygens (including phenoxy) is 1. The van der Waals surface area contributed by atoms with Gasteiger partial charge in [0.15, 0.2) is 0 Å². The van der Waals surface area contributed by atoms with Gasteiger partial charge >= 0.3 is 5.97 Å². The van der Waals surface area contributed by atoms with Crippen LogP contribution in [0.5, 0.6) is 0 Å². The van der Waals surface area contributed by atoms with Gasteiger partial charge in [0.2, 0.25) is 0 Å². The zero-order chi connectivity index (χ0) is 15.3. The van der Waals surface area contributed by atoms with Crippen molar-refractivity contribution in [3.8, 4) is 0 Å². The fraction of sp³-hybridized carbons (Fsp3) is 0.467. The number of hydrogen-bond donors (Lipinski definition) is 2. The van der Waals surface area contributed by atoms with Crippen LogP contribution in [0.15, 0.2) is 18.2 Å². The molecule has 0 radical (unpaired) electrons. The zero-order valence-corrected chi connectivity index (χ0v) is 12.4. The van der Waals surface area contributed by atoms with Crippen LogP contribution in [-0.2, 0) is 9.53 Å². The molecule has 0 saturated carbocycles. The van der Waals surface area contributed by atoms with Gasteiger partial charge in [-0.15, -0.1) is 0 Å². The number of hydrogen-bond acceptors (Lipinski definition) is 4. The standard InChI is InChI=1S/C15H22N2O3/c1-9(2)5-13(15(19)20-4)17-14(18)11-6-10(3)7-12(16)8-11/h6-9,13H,5,16H2,1-4H3,(H,17,18). The first-order valence-corrected chi connectivity index (χ1v) is 6.59. The molecule has 110 valence electrons. The molecule has 0 heterocycles. The van der Waals surface area contributed by atoms with Gasteiger partial charge < -0.3 is 15.8 Å². The number of carbonyl (C=O) groups excluding carboxylic acids is 2. The molecular weight excluding hydrogens is 256 g/mol. The monoisotopic (exact) mass is 278 g/mol. The third kappa shape index (κ3) is 4.57. The van der Waals surface area contributed by atoms with Gasteiger partial charge in [-0.05, 0) is 43.0 Å². The van der Waals surface area contributed by atoms with Gasteiger partial charge in [-0.3, -0.25) is 4.79 Å². The van der Waals surface area contributed by atoms with Crippen molar-refractivity contribution in [2.75, 3.05) is 12.8 Å². The summed E-state index contributed by atoms with van der Waals surface area (Å²) in [6, 6.07) is 4.46. The van der Waals surface area contributed by atoms with Crippen molar-refractivity contribution in [2.24, 2.45) is 5.92 Å². The van der Waals surface area contributed by atoms with Crippen LogP contribution >= 0.6 is 0 Å². The lowest BCUT2D eigenvalue weighted by atomic mass is 10.0. The van der Waals surface area contributed by atoms with Crippen LogP contribution in [0.4, 0.5) is 5.69 Å². The van der Waals surface area contributed by atoms with E-state index in [2.05, 4.69) is 5.32 Å². The molecule has 1 atom stereocenters. The number of amides is 1. The third-order valence-electron chi connectivity index (χ3n) is 2.86. The number of carbonyl (C=O) groups is 2. The number of esters is 1. The smallest absolute Gasteiger partial charge is 0.328 e. The summed E-state index contributed by atoms with van der Waals surface area (Å²) in [7, 11) is 1.31. The average molecular weight is 278 g/mol. The Morgan fingerprint density at radius 3 is 2.45 bits per heavy atom. The predicted molar refractivity (Wildman–Crippen MR) is 78.3 cm³/mol. The van der Waals surface area contributed by atoms with E-state index >= 15 is 0 Å². The summed E-state index contributed by atoms with van der Waals surface area (Å²) >= 11 is 0. The van der Waals surface area contributed by atoms with E-state index in [0.29, 0.717) is 17.7 Å². The Bertz CT molecular complexity index is 478. The minimum atomic E-state index is -0.644. The highest BCUT2D eigenvalue weighted by atomic mass is 16.5. The summed E-state index contributed by atoms with van der Waals surface area (Å²) in [4.78, 5) is 23.9. The van der Waals surface area contributed by atoms with Gasteiger partial charge in [0.1, 0.15) is 6.04 Å². The lowest BCUT2D eigenvalue weighted by Crippen LogP contribution is -2.42. The highest BCUT2D eigenvalue weighted by Crippen LogP contribution is 2.13. The van der Waals surface area contributed by atoms with Gasteiger partial charge in [-0.2, -0.15) is 0 Å². The van der Waals surface area contributed by atoms with Crippen molar-refractivity contribution in [1.29, 1.82) is 0 Å². The first kappa shape index (κ1) is 16.0. The predicted octanol–water partition coefficient (Wildman–Crippen LogP) is 1.89. The average Bonchev–Trinajstić information content (AvgIpc) is 2.35. The zero-order valence-electron chi connectivity index (χ0n) is 12.4. The molecule has 0 fully saturated rings. The molecule has 20 heavy (non-hydrogen) atoms. The molecule has 1 unspecified atom stereocenters. The highest BCUT2D eigenvalue weighted by Gasteiger charge is 2.23. The Morgan fingerprint density at radius 2 is 1.95 bits per heavy atom. The fourth-order valence-electron chi connectivity index (χ4n) is 2.01. The topological polar surface area (TPSA) is 81.4 Å². The molecule has 1 aromatic rings. The Kier molecular flexibility index (Phi) is 5.55. The normalized spacial score (nSPS) is 12.1. The molecule has 5 heteroatoms. The number of benzene rings is 1. The van der Waals surface area contributed by atoms with E-state index in [1.165, 1.54) is 7.11 Å². The number of methoxy groups -OCH3 is 1. The molecule has 5 nitrogen and oxygen atoms in total. The quantitative estimate of drug-likeness (QED) is 0.636. The number of nitrogens with two attached hydrogens (primary N) is 1. The summed E-state index contributed by atoms with van der Waals surface area (Å²) in [6.07, 6.45) is 0.527. The van der Waals surface area contributed by atoms with E-state index in [4.69, 9.17) is 10.5 Å². The maximum Gasteiger partial charge on any atom is 0.328 e. The summed E-state index contributed by atoms with van der Waals surface area (Å²) < 4.78 is 4.72. The van der Waals surface area contributed by atoms with Crippen molar-refractivity contribution in [3.05, 3.63) is 29.3 Å². The van der Waals surface area contributed by atoms with Crippen LogP contribution < -0.4 is 11.1 Å².